The van der Waals surface area contributed by atoms with E-state index in [1.807, 2.05) is 24.3 Å². The highest BCUT2D eigenvalue weighted by Gasteiger charge is 2.38. The molecule has 0 bridgehead atoms. The van der Waals surface area contributed by atoms with Gasteiger partial charge in [-0.15, -0.1) is 0 Å². The molecule has 0 radical (unpaired) electrons. The number of hydrogen-bond acceptors (Lipinski definition) is 5. The third-order valence-corrected chi connectivity index (χ3v) is 5.92. The molecule has 2 aromatic rings. The summed E-state index contributed by atoms with van der Waals surface area (Å²) in [4.78, 5) is 29.7. The van der Waals surface area contributed by atoms with Crippen LogP contribution in [0.25, 0.3) is 0 Å². The maximum atomic E-state index is 13.4. The molecular weight excluding hydrogens is 370 g/mol. The molecule has 2 aliphatic heterocycles. The van der Waals surface area contributed by atoms with Crippen molar-refractivity contribution in [3.8, 4) is 0 Å². The Bertz CT molecular complexity index is 915. The molecule has 2 atom stereocenters. The molecule has 0 aliphatic carbocycles. The maximum absolute atomic E-state index is 13.4. The first-order valence-corrected chi connectivity index (χ1v) is 10.3. The fraction of sp³-hybridized carbons (Fsp3) is 0.571. The number of aryl methyl sites for hydroxylation is 2. The summed E-state index contributed by atoms with van der Waals surface area (Å²) in [5.41, 5.74) is 1.19. The first-order chi connectivity index (χ1) is 14.0. The topological polar surface area (TPSA) is 72.6 Å². The molecule has 0 aromatic carbocycles. The van der Waals surface area contributed by atoms with Crippen molar-refractivity contribution in [2.75, 3.05) is 32.8 Å². The quantitative estimate of drug-likeness (QED) is 0.772. The van der Waals surface area contributed by atoms with Crippen LogP contribution in [0.15, 0.2) is 35.5 Å². The van der Waals surface area contributed by atoms with Crippen molar-refractivity contribution in [2.45, 2.75) is 31.4 Å². The summed E-state index contributed by atoms with van der Waals surface area (Å²) < 4.78 is 9.40. The molecule has 0 saturated carbocycles. The van der Waals surface area contributed by atoms with Crippen molar-refractivity contribution in [1.82, 2.24) is 24.1 Å². The number of piperidine rings is 1. The molecule has 2 saturated heterocycles. The summed E-state index contributed by atoms with van der Waals surface area (Å²) in [6.07, 6.45) is 8.98. The number of hydrogen-bond donors (Lipinski definition) is 0. The van der Waals surface area contributed by atoms with Gasteiger partial charge in [0.2, 0.25) is 0 Å². The Kier molecular flexibility index (Phi) is 5.82. The van der Waals surface area contributed by atoms with Crippen molar-refractivity contribution in [3.63, 3.8) is 0 Å². The van der Waals surface area contributed by atoms with Gasteiger partial charge in [-0.1, -0.05) is 6.42 Å². The first-order valence-electron chi connectivity index (χ1n) is 10.3. The predicted molar refractivity (Wildman–Crippen MR) is 109 cm³/mol. The van der Waals surface area contributed by atoms with Crippen LogP contribution in [-0.4, -0.2) is 68.9 Å². The van der Waals surface area contributed by atoms with Gasteiger partial charge in [0.1, 0.15) is 0 Å². The summed E-state index contributed by atoms with van der Waals surface area (Å²) in [6, 6.07) is 2.90. The minimum absolute atomic E-state index is 0.124. The molecule has 0 unspecified atom stereocenters. The Morgan fingerprint density at radius 3 is 2.69 bits per heavy atom. The molecule has 0 spiro atoms. The normalized spacial score (nSPS) is 23.3. The van der Waals surface area contributed by atoms with Gasteiger partial charge in [0.15, 0.2) is 0 Å². The van der Waals surface area contributed by atoms with Crippen molar-refractivity contribution in [2.24, 2.45) is 14.1 Å². The largest absolute Gasteiger partial charge is 0.373 e. The fourth-order valence-electron chi connectivity index (χ4n) is 4.35. The van der Waals surface area contributed by atoms with Crippen molar-refractivity contribution in [3.05, 3.63) is 52.2 Å². The Morgan fingerprint density at radius 2 is 2.00 bits per heavy atom. The van der Waals surface area contributed by atoms with Gasteiger partial charge in [0, 0.05) is 56.8 Å². The Balaban J connectivity index is 1.63. The Morgan fingerprint density at radius 1 is 1.21 bits per heavy atom. The number of nitrogens with zero attached hydrogens (tertiary/aromatic N) is 5. The lowest BCUT2D eigenvalue weighted by Crippen LogP contribution is -2.52. The minimum Gasteiger partial charge on any atom is -0.373 e. The summed E-state index contributed by atoms with van der Waals surface area (Å²) in [5.74, 6) is -0.136. The van der Waals surface area contributed by atoms with Crippen LogP contribution in [0.4, 0.5) is 0 Å². The van der Waals surface area contributed by atoms with Crippen LogP contribution in [0, 0.1) is 0 Å². The number of aromatic nitrogens is 3. The van der Waals surface area contributed by atoms with Crippen LogP contribution in [0.2, 0.25) is 0 Å². The zero-order chi connectivity index (χ0) is 20.4. The fourth-order valence-corrected chi connectivity index (χ4v) is 4.35. The lowest BCUT2D eigenvalue weighted by Gasteiger charge is -2.43. The van der Waals surface area contributed by atoms with Crippen LogP contribution in [-0.2, 0) is 18.8 Å². The standard InChI is InChI=1S/C21H29N5O3/c1-23-9-6-16(12-19(23)27)21(28)26-10-11-29-18(15-25-7-4-3-5-8-25)20(26)17-13-22-24(2)14-17/h6,9,12-14,18,20H,3-5,7-8,10-11,15H2,1-2H3/t18-,20-/m0/s1. The second-order valence-electron chi connectivity index (χ2n) is 8.03. The second kappa shape index (κ2) is 8.51. The van der Waals surface area contributed by atoms with E-state index in [0.29, 0.717) is 18.7 Å². The van der Waals surface area contributed by atoms with E-state index < -0.39 is 0 Å². The molecule has 4 heterocycles. The summed E-state index contributed by atoms with van der Waals surface area (Å²) in [6.45, 7) is 3.92. The van der Waals surface area contributed by atoms with E-state index in [0.717, 1.165) is 25.2 Å². The van der Waals surface area contributed by atoms with Gasteiger partial charge in [-0.2, -0.15) is 5.10 Å². The van der Waals surface area contributed by atoms with Gasteiger partial charge in [-0.3, -0.25) is 14.3 Å². The van der Waals surface area contributed by atoms with E-state index in [2.05, 4.69) is 10.00 Å². The average molecular weight is 399 g/mol. The van der Waals surface area contributed by atoms with Crippen LogP contribution in [0.5, 0.6) is 0 Å². The number of carbonyl (C=O) groups excluding carboxylic acids is 1. The predicted octanol–water partition coefficient (Wildman–Crippen LogP) is 1.19. The van der Waals surface area contributed by atoms with Gasteiger partial charge >= 0.3 is 0 Å². The van der Waals surface area contributed by atoms with Gasteiger partial charge in [-0.05, 0) is 32.0 Å². The zero-order valence-corrected chi connectivity index (χ0v) is 17.2. The number of morpholine rings is 1. The van der Waals surface area contributed by atoms with E-state index in [9.17, 15) is 9.59 Å². The monoisotopic (exact) mass is 399 g/mol. The third-order valence-electron chi connectivity index (χ3n) is 5.92. The maximum Gasteiger partial charge on any atom is 0.254 e. The van der Waals surface area contributed by atoms with Gasteiger partial charge in [0.25, 0.3) is 11.5 Å². The number of rotatable bonds is 4. The van der Waals surface area contributed by atoms with E-state index in [-0.39, 0.29) is 23.6 Å². The third kappa shape index (κ3) is 4.28. The Labute approximate surface area is 170 Å². The molecule has 156 valence electrons. The summed E-state index contributed by atoms with van der Waals surface area (Å²) >= 11 is 0. The highest BCUT2D eigenvalue weighted by molar-refractivity contribution is 5.94. The summed E-state index contributed by atoms with van der Waals surface area (Å²) in [5, 5.41) is 4.32. The van der Waals surface area contributed by atoms with E-state index in [4.69, 9.17) is 4.74 Å². The number of amides is 1. The van der Waals surface area contributed by atoms with E-state index in [1.165, 1.54) is 29.9 Å². The molecule has 2 aliphatic rings. The number of carbonyl (C=O) groups is 1. The van der Waals surface area contributed by atoms with Crippen LogP contribution >= 0.6 is 0 Å². The molecule has 8 nitrogen and oxygen atoms in total. The zero-order valence-electron chi connectivity index (χ0n) is 17.2. The smallest absolute Gasteiger partial charge is 0.254 e. The van der Waals surface area contributed by atoms with Crippen molar-refractivity contribution in [1.29, 1.82) is 0 Å². The number of pyridine rings is 1. The van der Waals surface area contributed by atoms with Gasteiger partial charge in [0.05, 0.1) is 24.9 Å². The molecule has 29 heavy (non-hydrogen) atoms. The minimum atomic E-state index is -0.226. The lowest BCUT2D eigenvalue weighted by molar-refractivity contribution is -0.0741. The van der Waals surface area contributed by atoms with Crippen molar-refractivity contribution >= 4 is 5.91 Å². The Hall–Kier alpha value is -2.45. The molecule has 4 rings (SSSR count). The molecule has 2 fully saturated rings. The van der Waals surface area contributed by atoms with Crippen LogP contribution < -0.4 is 5.56 Å². The lowest BCUT2D eigenvalue weighted by atomic mass is 9.98. The molecule has 8 heteroatoms. The SMILES string of the molecule is Cn1cc([C@H]2[C@H](CN3CCCCC3)OCCN2C(=O)c2ccn(C)c(=O)c2)cn1. The first kappa shape index (κ1) is 19.8. The van der Waals surface area contributed by atoms with E-state index >= 15 is 0 Å². The van der Waals surface area contributed by atoms with Crippen LogP contribution in [0.1, 0.15) is 41.2 Å². The highest BCUT2D eigenvalue weighted by atomic mass is 16.5. The number of ether oxygens (including phenoxy) is 1. The van der Waals surface area contributed by atoms with Crippen molar-refractivity contribution < 1.29 is 9.53 Å². The highest BCUT2D eigenvalue weighted by Crippen LogP contribution is 2.31. The molecule has 0 N–H and O–H groups in total. The summed E-state index contributed by atoms with van der Waals surface area (Å²) in [7, 11) is 3.55. The van der Waals surface area contributed by atoms with Crippen LogP contribution in [0.3, 0.4) is 0 Å². The molecule has 2 aromatic heterocycles. The second-order valence-corrected chi connectivity index (χ2v) is 8.03. The molecular formula is C21H29N5O3. The van der Waals surface area contributed by atoms with Gasteiger partial charge < -0.3 is 19.1 Å². The molecule has 1 amide bonds. The average Bonchev–Trinajstić information content (AvgIpc) is 3.16. The van der Waals surface area contributed by atoms with E-state index in [1.54, 1.807) is 24.0 Å². The number of likely N-dealkylation sites (tertiary alicyclic amines) is 1. The van der Waals surface area contributed by atoms with Gasteiger partial charge in [-0.25, -0.2) is 0 Å².